The Morgan fingerprint density at radius 3 is 3.20 bits per heavy atom. The second kappa shape index (κ2) is 4.94. The number of carbonyl (C=O) groups is 1. The molecule has 1 amide bonds. The van der Waals surface area contributed by atoms with Gasteiger partial charge in [-0.3, -0.25) is 4.79 Å². The molecular formula is C15H18N4O. The molecule has 0 bridgehead atoms. The molecule has 5 heteroatoms. The van der Waals surface area contributed by atoms with Gasteiger partial charge in [-0.15, -0.1) is 6.42 Å². The van der Waals surface area contributed by atoms with Crippen LogP contribution in [0.3, 0.4) is 0 Å². The number of hydrogen-bond donors (Lipinski definition) is 3. The number of nitrogens with one attached hydrogen (secondary N) is 3. The molecular weight excluding hydrogens is 252 g/mol. The predicted molar refractivity (Wildman–Crippen MR) is 83.4 cm³/mol. The average molecular weight is 270 g/mol. The number of terminal acetylenes is 1. The van der Waals surface area contributed by atoms with E-state index in [-0.39, 0.29) is 16.7 Å². The SMILES string of the molecule is C#CCNC(=O)c1cc(-c2ccnc3[nH]ccc23)c[nH]1.[HH].[HH].[HH]. The van der Waals surface area contributed by atoms with E-state index in [0.717, 1.165) is 22.2 Å². The molecule has 0 spiro atoms. The number of aromatic nitrogens is 3. The molecule has 0 aliphatic heterocycles. The zero-order valence-electron chi connectivity index (χ0n) is 10.6. The van der Waals surface area contributed by atoms with Gasteiger partial charge in [0.05, 0.1) is 6.54 Å². The van der Waals surface area contributed by atoms with Gasteiger partial charge >= 0.3 is 0 Å². The summed E-state index contributed by atoms with van der Waals surface area (Å²) in [6, 6.07) is 5.68. The molecule has 0 fully saturated rings. The maximum Gasteiger partial charge on any atom is 0.268 e. The summed E-state index contributed by atoms with van der Waals surface area (Å²) in [5, 5.41) is 3.64. The first kappa shape index (κ1) is 12.1. The highest BCUT2D eigenvalue weighted by atomic mass is 16.1. The van der Waals surface area contributed by atoms with Crippen molar-refractivity contribution < 1.29 is 9.07 Å². The second-order valence-corrected chi connectivity index (χ2v) is 4.29. The van der Waals surface area contributed by atoms with Gasteiger partial charge in [-0.1, -0.05) is 5.92 Å². The van der Waals surface area contributed by atoms with Crippen LogP contribution >= 0.6 is 0 Å². The largest absolute Gasteiger partial charge is 0.357 e. The van der Waals surface area contributed by atoms with Crippen LogP contribution in [-0.4, -0.2) is 27.4 Å². The summed E-state index contributed by atoms with van der Waals surface area (Å²) in [5.74, 6) is 2.16. The highest BCUT2D eigenvalue weighted by molar-refractivity contribution is 5.97. The number of H-pyrrole nitrogens is 2. The van der Waals surface area contributed by atoms with Gasteiger partial charge in [0.25, 0.3) is 5.91 Å². The van der Waals surface area contributed by atoms with Crippen molar-refractivity contribution in [1.82, 2.24) is 20.3 Å². The summed E-state index contributed by atoms with van der Waals surface area (Å²) >= 11 is 0. The minimum absolute atomic E-state index is 0. The van der Waals surface area contributed by atoms with Crippen LogP contribution in [-0.2, 0) is 0 Å². The number of rotatable bonds is 3. The average Bonchev–Trinajstić information content (AvgIpc) is 3.12. The van der Waals surface area contributed by atoms with Gasteiger partial charge in [0.2, 0.25) is 0 Å². The number of amides is 1. The lowest BCUT2D eigenvalue weighted by Gasteiger charge is -1.99. The molecule has 0 aliphatic carbocycles. The van der Waals surface area contributed by atoms with E-state index in [2.05, 4.69) is 26.2 Å². The third-order valence-electron chi connectivity index (χ3n) is 3.05. The Labute approximate surface area is 119 Å². The third kappa shape index (κ3) is 2.04. The van der Waals surface area contributed by atoms with Crippen molar-refractivity contribution >= 4 is 16.9 Å². The first-order chi connectivity index (χ1) is 9.79. The van der Waals surface area contributed by atoms with E-state index in [4.69, 9.17) is 6.42 Å². The van der Waals surface area contributed by atoms with Crippen LogP contribution in [0.4, 0.5) is 0 Å². The number of pyridine rings is 1. The van der Waals surface area contributed by atoms with E-state index < -0.39 is 0 Å². The van der Waals surface area contributed by atoms with Crippen molar-refractivity contribution in [2.45, 2.75) is 0 Å². The van der Waals surface area contributed by atoms with Crippen LogP contribution in [0.5, 0.6) is 0 Å². The van der Waals surface area contributed by atoms with Crippen molar-refractivity contribution in [3.05, 3.63) is 42.5 Å². The molecule has 3 rings (SSSR count). The van der Waals surface area contributed by atoms with E-state index in [0.29, 0.717) is 5.69 Å². The van der Waals surface area contributed by atoms with Gasteiger partial charge in [-0.2, -0.15) is 0 Å². The maximum atomic E-state index is 11.8. The first-order valence-corrected chi connectivity index (χ1v) is 6.12. The lowest BCUT2D eigenvalue weighted by molar-refractivity contribution is 0.0954. The number of fused-ring (bicyclic) bond motifs is 1. The standard InChI is InChI=1S/C15H12N4O.3H2/c1-2-5-18-15(20)13-8-10(9-19-13)11-3-6-16-14-12(11)4-7-17-14;;;/h1,3-4,6-9,19H,5H2,(H,16,17)(H,18,20);3*1H. The van der Waals surface area contributed by atoms with Crippen LogP contribution < -0.4 is 5.32 Å². The van der Waals surface area contributed by atoms with Crippen molar-refractivity contribution in [3.63, 3.8) is 0 Å². The fraction of sp³-hybridized carbons (Fsp3) is 0.0667. The van der Waals surface area contributed by atoms with Gasteiger partial charge in [0, 0.05) is 33.8 Å². The van der Waals surface area contributed by atoms with Gasteiger partial charge in [-0.25, -0.2) is 4.98 Å². The highest BCUT2D eigenvalue weighted by Gasteiger charge is 2.11. The van der Waals surface area contributed by atoms with Gasteiger partial charge in [0.15, 0.2) is 0 Å². The summed E-state index contributed by atoms with van der Waals surface area (Å²) in [6.07, 6.45) is 10.5. The summed E-state index contributed by atoms with van der Waals surface area (Å²) in [4.78, 5) is 22.1. The Morgan fingerprint density at radius 2 is 2.35 bits per heavy atom. The Morgan fingerprint density at radius 1 is 1.45 bits per heavy atom. The van der Waals surface area contributed by atoms with Crippen molar-refractivity contribution in [2.75, 3.05) is 6.54 Å². The van der Waals surface area contributed by atoms with Crippen molar-refractivity contribution in [2.24, 2.45) is 0 Å². The third-order valence-corrected chi connectivity index (χ3v) is 3.05. The Kier molecular flexibility index (Phi) is 2.98. The molecule has 0 atom stereocenters. The van der Waals surface area contributed by atoms with Gasteiger partial charge in [0.1, 0.15) is 11.3 Å². The summed E-state index contributed by atoms with van der Waals surface area (Å²) < 4.78 is 0. The fourth-order valence-electron chi connectivity index (χ4n) is 2.12. The monoisotopic (exact) mass is 270 g/mol. The molecule has 0 radical (unpaired) electrons. The first-order valence-electron chi connectivity index (χ1n) is 6.12. The van der Waals surface area contributed by atoms with Crippen molar-refractivity contribution in [1.29, 1.82) is 0 Å². The Bertz CT molecular complexity index is 819. The molecule has 3 N–H and O–H groups in total. The predicted octanol–water partition coefficient (Wildman–Crippen LogP) is 2.66. The van der Waals surface area contributed by atoms with E-state index in [1.807, 2.05) is 18.3 Å². The van der Waals surface area contributed by atoms with E-state index >= 15 is 0 Å². The summed E-state index contributed by atoms with van der Waals surface area (Å²) in [5.41, 5.74) is 3.25. The number of aromatic amines is 2. The lowest BCUT2D eigenvalue weighted by atomic mass is 10.1. The molecule has 5 nitrogen and oxygen atoms in total. The van der Waals surface area contributed by atoms with Crippen molar-refractivity contribution in [3.8, 4) is 23.5 Å². The van der Waals surface area contributed by atoms with Gasteiger partial charge < -0.3 is 15.3 Å². The zero-order chi connectivity index (χ0) is 13.9. The van der Waals surface area contributed by atoms with E-state index in [1.54, 1.807) is 18.5 Å². The Hall–Kier alpha value is -3.00. The quantitative estimate of drug-likeness (QED) is 0.640. The molecule has 0 saturated heterocycles. The molecule has 0 aliphatic rings. The molecule has 0 aromatic carbocycles. The Balaban J connectivity index is 0.00000161. The molecule has 3 aromatic rings. The summed E-state index contributed by atoms with van der Waals surface area (Å²) in [6.45, 7) is 0.213. The molecule has 3 aromatic heterocycles. The number of nitrogens with zero attached hydrogens (tertiary/aromatic N) is 1. The van der Waals surface area contributed by atoms with Crippen LogP contribution in [0.25, 0.3) is 22.2 Å². The van der Waals surface area contributed by atoms with Crippen LogP contribution in [0.2, 0.25) is 0 Å². The molecule has 20 heavy (non-hydrogen) atoms. The second-order valence-electron chi connectivity index (χ2n) is 4.29. The maximum absolute atomic E-state index is 11.8. The summed E-state index contributed by atoms with van der Waals surface area (Å²) in [7, 11) is 0. The minimum atomic E-state index is -0.214. The lowest BCUT2D eigenvalue weighted by Crippen LogP contribution is -2.23. The van der Waals surface area contributed by atoms with Gasteiger partial charge in [-0.05, 0) is 23.8 Å². The minimum Gasteiger partial charge on any atom is -0.357 e. The smallest absolute Gasteiger partial charge is 0.268 e. The normalized spacial score (nSPS) is 10.3. The number of carbonyl (C=O) groups excluding carboxylic acids is 1. The molecule has 3 heterocycles. The van der Waals surface area contributed by atoms with Crippen LogP contribution in [0.15, 0.2) is 36.8 Å². The topological polar surface area (TPSA) is 73.6 Å². The van der Waals surface area contributed by atoms with E-state index in [9.17, 15) is 4.79 Å². The zero-order valence-corrected chi connectivity index (χ0v) is 10.6. The van der Waals surface area contributed by atoms with Crippen LogP contribution in [0.1, 0.15) is 14.8 Å². The number of hydrogen-bond acceptors (Lipinski definition) is 2. The fourth-order valence-corrected chi connectivity index (χ4v) is 2.12. The van der Waals surface area contributed by atoms with Crippen LogP contribution in [0, 0.1) is 12.3 Å². The van der Waals surface area contributed by atoms with E-state index in [1.165, 1.54) is 0 Å². The highest BCUT2D eigenvalue weighted by Crippen LogP contribution is 2.27. The molecule has 104 valence electrons. The molecule has 0 unspecified atom stereocenters. The molecule has 0 saturated carbocycles.